The zero-order valence-electron chi connectivity index (χ0n) is 13.6. The quantitative estimate of drug-likeness (QED) is 0.845. The van der Waals surface area contributed by atoms with Crippen LogP contribution in [0.25, 0.3) is 0 Å². The number of rotatable bonds is 6. The van der Waals surface area contributed by atoms with E-state index in [0.29, 0.717) is 22.9 Å². The number of likely N-dealkylation sites (N-methyl/N-ethyl adjacent to an activating group) is 1. The van der Waals surface area contributed by atoms with Crippen LogP contribution in [0.3, 0.4) is 0 Å². The Morgan fingerprint density at radius 1 is 1.08 bits per heavy atom. The Balaban J connectivity index is 1.85. The lowest BCUT2D eigenvalue weighted by Crippen LogP contribution is -2.21. The highest BCUT2D eigenvalue weighted by Gasteiger charge is 2.06. The molecule has 0 saturated carbocycles. The first-order valence-electron chi connectivity index (χ1n) is 7.46. The summed E-state index contributed by atoms with van der Waals surface area (Å²) in [5.74, 6) is 0.271. The van der Waals surface area contributed by atoms with Crippen molar-refractivity contribution < 1.29 is 14.3 Å². The van der Waals surface area contributed by atoms with Crippen LogP contribution in [0.2, 0.25) is 5.02 Å². The van der Waals surface area contributed by atoms with Gasteiger partial charge in [0, 0.05) is 17.8 Å². The van der Waals surface area contributed by atoms with Crippen molar-refractivity contribution in [2.45, 2.75) is 13.3 Å². The van der Waals surface area contributed by atoms with Gasteiger partial charge in [-0.1, -0.05) is 23.7 Å². The zero-order chi connectivity index (χ0) is 17.5. The van der Waals surface area contributed by atoms with Crippen LogP contribution in [-0.2, 0) is 16.0 Å². The van der Waals surface area contributed by atoms with Gasteiger partial charge in [0.2, 0.25) is 5.91 Å². The maximum Gasteiger partial charge on any atom is 0.262 e. The number of ether oxygens (including phenoxy) is 1. The van der Waals surface area contributed by atoms with Crippen LogP contribution in [0.15, 0.2) is 42.5 Å². The minimum atomic E-state index is -0.262. The molecule has 0 unspecified atom stereocenters. The molecule has 0 aliphatic heterocycles. The van der Waals surface area contributed by atoms with Gasteiger partial charge in [-0.15, -0.1) is 0 Å². The van der Waals surface area contributed by atoms with Crippen molar-refractivity contribution in [1.29, 1.82) is 0 Å². The normalized spacial score (nSPS) is 10.1. The molecule has 0 bridgehead atoms. The molecular weight excluding hydrogens is 328 g/mol. The standard InChI is InChI=1S/C18H19ClN2O3/c1-12-9-15(7-8-16(12)19)24-11-18(23)21-14-5-3-13(4-6-14)10-17(22)20-2/h3-9H,10-11H2,1-2H3,(H,20,22)(H,21,23). The van der Waals surface area contributed by atoms with E-state index < -0.39 is 0 Å². The predicted molar refractivity (Wildman–Crippen MR) is 94.5 cm³/mol. The molecule has 2 N–H and O–H groups in total. The number of anilines is 1. The van der Waals surface area contributed by atoms with Crippen molar-refractivity contribution >= 4 is 29.1 Å². The molecule has 126 valence electrons. The first-order valence-corrected chi connectivity index (χ1v) is 7.84. The highest BCUT2D eigenvalue weighted by atomic mass is 35.5. The van der Waals surface area contributed by atoms with E-state index in [2.05, 4.69) is 10.6 Å². The van der Waals surface area contributed by atoms with Gasteiger partial charge in [-0.25, -0.2) is 0 Å². The Morgan fingerprint density at radius 2 is 1.79 bits per heavy atom. The largest absolute Gasteiger partial charge is 0.484 e. The van der Waals surface area contributed by atoms with Gasteiger partial charge >= 0.3 is 0 Å². The van der Waals surface area contributed by atoms with Crippen LogP contribution in [0.5, 0.6) is 5.75 Å². The maximum atomic E-state index is 11.9. The van der Waals surface area contributed by atoms with Crippen LogP contribution < -0.4 is 15.4 Å². The van der Waals surface area contributed by atoms with Crippen molar-refractivity contribution in [2.24, 2.45) is 0 Å². The fourth-order valence-electron chi connectivity index (χ4n) is 2.03. The highest BCUT2D eigenvalue weighted by Crippen LogP contribution is 2.21. The predicted octanol–water partition coefficient (Wildman–Crippen LogP) is 2.95. The minimum Gasteiger partial charge on any atom is -0.484 e. The van der Waals surface area contributed by atoms with Crippen LogP contribution in [0.1, 0.15) is 11.1 Å². The van der Waals surface area contributed by atoms with Gasteiger partial charge in [0.1, 0.15) is 5.75 Å². The van der Waals surface area contributed by atoms with Crippen molar-refractivity contribution in [3.8, 4) is 5.75 Å². The summed E-state index contributed by atoms with van der Waals surface area (Å²) in [5, 5.41) is 5.96. The number of hydrogen-bond acceptors (Lipinski definition) is 3. The molecule has 5 nitrogen and oxygen atoms in total. The van der Waals surface area contributed by atoms with E-state index in [0.717, 1.165) is 11.1 Å². The molecule has 0 atom stereocenters. The molecule has 0 aliphatic carbocycles. The molecule has 0 heterocycles. The number of hydrogen-bond donors (Lipinski definition) is 2. The fraction of sp³-hybridized carbons (Fsp3) is 0.222. The first-order chi connectivity index (χ1) is 11.5. The van der Waals surface area contributed by atoms with Crippen molar-refractivity contribution in [3.05, 3.63) is 58.6 Å². The lowest BCUT2D eigenvalue weighted by Gasteiger charge is -2.09. The third kappa shape index (κ3) is 5.28. The molecule has 2 amide bonds. The summed E-state index contributed by atoms with van der Waals surface area (Å²) in [4.78, 5) is 23.2. The maximum absolute atomic E-state index is 11.9. The molecule has 0 spiro atoms. The summed E-state index contributed by atoms with van der Waals surface area (Å²) < 4.78 is 5.44. The monoisotopic (exact) mass is 346 g/mol. The zero-order valence-corrected chi connectivity index (χ0v) is 14.3. The van der Waals surface area contributed by atoms with Crippen LogP contribution in [-0.4, -0.2) is 25.5 Å². The SMILES string of the molecule is CNC(=O)Cc1ccc(NC(=O)COc2ccc(Cl)c(C)c2)cc1. The Labute approximate surface area is 146 Å². The number of amides is 2. The van der Waals surface area contributed by atoms with E-state index in [1.165, 1.54) is 0 Å². The summed E-state index contributed by atoms with van der Waals surface area (Å²) in [5.41, 5.74) is 2.41. The molecular formula is C18H19ClN2O3. The van der Waals surface area contributed by atoms with Gasteiger partial charge in [0.25, 0.3) is 5.91 Å². The molecule has 2 aromatic carbocycles. The fourth-order valence-corrected chi connectivity index (χ4v) is 2.15. The molecule has 0 fully saturated rings. The second-order valence-corrected chi connectivity index (χ2v) is 5.70. The molecule has 0 saturated heterocycles. The number of carbonyl (C=O) groups excluding carboxylic acids is 2. The van der Waals surface area contributed by atoms with Gasteiger partial charge in [-0.2, -0.15) is 0 Å². The van der Waals surface area contributed by atoms with E-state index in [1.54, 1.807) is 49.5 Å². The third-order valence-electron chi connectivity index (χ3n) is 3.38. The average molecular weight is 347 g/mol. The molecule has 0 aromatic heterocycles. The lowest BCUT2D eigenvalue weighted by atomic mass is 10.1. The van der Waals surface area contributed by atoms with E-state index in [-0.39, 0.29) is 18.4 Å². The van der Waals surface area contributed by atoms with Crippen LogP contribution >= 0.6 is 11.6 Å². The molecule has 2 rings (SSSR count). The average Bonchev–Trinajstić information content (AvgIpc) is 2.57. The molecule has 24 heavy (non-hydrogen) atoms. The highest BCUT2D eigenvalue weighted by molar-refractivity contribution is 6.31. The molecule has 6 heteroatoms. The summed E-state index contributed by atoms with van der Waals surface area (Å²) in [6.45, 7) is 1.77. The summed E-state index contributed by atoms with van der Waals surface area (Å²) in [6.07, 6.45) is 0.309. The number of halogens is 1. The molecule has 0 radical (unpaired) electrons. The smallest absolute Gasteiger partial charge is 0.262 e. The molecule has 2 aromatic rings. The Bertz CT molecular complexity index is 730. The Morgan fingerprint density at radius 3 is 2.42 bits per heavy atom. The van der Waals surface area contributed by atoms with E-state index in [4.69, 9.17) is 16.3 Å². The summed E-state index contributed by atoms with van der Waals surface area (Å²) >= 11 is 5.94. The summed E-state index contributed by atoms with van der Waals surface area (Å²) in [7, 11) is 1.60. The number of benzene rings is 2. The third-order valence-corrected chi connectivity index (χ3v) is 3.80. The topological polar surface area (TPSA) is 67.4 Å². The van der Waals surface area contributed by atoms with E-state index >= 15 is 0 Å². The van der Waals surface area contributed by atoms with Gasteiger partial charge in [-0.3, -0.25) is 9.59 Å². The minimum absolute atomic E-state index is 0.0570. The summed E-state index contributed by atoms with van der Waals surface area (Å²) in [6, 6.07) is 12.3. The van der Waals surface area contributed by atoms with Gasteiger partial charge in [0.05, 0.1) is 6.42 Å². The number of nitrogens with one attached hydrogen (secondary N) is 2. The van der Waals surface area contributed by atoms with Crippen molar-refractivity contribution in [1.82, 2.24) is 5.32 Å². The Hall–Kier alpha value is -2.53. The second-order valence-electron chi connectivity index (χ2n) is 5.29. The van der Waals surface area contributed by atoms with Crippen LogP contribution in [0.4, 0.5) is 5.69 Å². The van der Waals surface area contributed by atoms with Gasteiger partial charge in [0.15, 0.2) is 6.61 Å². The van der Waals surface area contributed by atoms with E-state index in [1.807, 2.05) is 6.92 Å². The number of aryl methyl sites for hydroxylation is 1. The van der Waals surface area contributed by atoms with Gasteiger partial charge < -0.3 is 15.4 Å². The Kier molecular flexibility index (Phi) is 6.21. The van der Waals surface area contributed by atoms with Crippen molar-refractivity contribution in [2.75, 3.05) is 19.0 Å². The van der Waals surface area contributed by atoms with Crippen molar-refractivity contribution in [3.63, 3.8) is 0 Å². The first kappa shape index (κ1) is 17.8. The second kappa shape index (κ2) is 8.36. The molecule has 0 aliphatic rings. The lowest BCUT2D eigenvalue weighted by molar-refractivity contribution is -0.120. The van der Waals surface area contributed by atoms with Crippen LogP contribution in [0, 0.1) is 6.92 Å². The number of carbonyl (C=O) groups is 2. The van der Waals surface area contributed by atoms with E-state index in [9.17, 15) is 9.59 Å². The van der Waals surface area contributed by atoms with Gasteiger partial charge in [-0.05, 0) is 48.4 Å².